The van der Waals surface area contributed by atoms with Crippen LogP contribution in [-0.4, -0.2) is 0 Å². The van der Waals surface area contributed by atoms with Gasteiger partial charge in [0.15, 0.2) is 0 Å². The molecule has 0 aromatic rings. The van der Waals surface area contributed by atoms with Crippen molar-refractivity contribution in [2.75, 3.05) is 0 Å². The van der Waals surface area contributed by atoms with Gasteiger partial charge in [0.2, 0.25) is 0 Å². The highest BCUT2D eigenvalue weighted by Gasteiger charge is 2.04. The summed E-state index contributed by atoms with van der Waals surface area (Å²) in [5, 5.41) is 0. The van der Waals surface area contributed by atoms with Crippen LogP contribution in [0.5, 0.6) is 0 Å². The summed E-state index contributed by atoms with van der Waals surface area (Å²) < 4.78 is 0. The van der Waals surface area contributed by atoms with Gasteiger partial charge in [-0.15, -0.1) is 0 Å². The van der Waals surface area contributed by atoms with Crippen molar-refractivity contribution in [3.63, 3.8) is 0 Å². The van der Waals surface area contributed by atoms with Crippen molar-refractivity contribution in [1.29, 1.82) is 0 Å². The lowest BCUT2D eigenvalue weighted by Crippen LogP contribution is -1.86. The van der Waals surface area contributed by atoms with Gasteiger partial charge in [-0.2, -0.15) is 0 Å². The van der Waals surface area contributed by atoms with E-state index in [2.05, 4.69) is 55.7 Å². The first-order chi connectivity index (χ1) is 7.74. The molecule has 0 amide bonds. The number of hydrogen-bond acceptors (Lipinski definition) is 0. The molecule has 0 saturated heterocycles. The molecule has 0 aromatic heterocycles. The molecule has 2 aliphatic rings. The normalized spacial score (nSPS) is 19.8. The third-order valence-electron chi connectivity index (χ3n) is 2.48. The molecule has 0 N–H and O–H groups in total. The van der Waals surface area contributed by atoms with E-state index in [0.717, 1.165) is 17.6 Å². The van der Waals surface area contributed by atoms with Crippen molar-refractivity contribution in [3.05, 3.63) is 90.5 Å². The molecule has 16 heavy (non-hydrogen) atoms. The van der Waals surface area contributed by atoms with Crippen LogP contribution in [0.15, 0.2) is 84.1 Å². The predicted octanol–water partition coefficient (Wildman–Crippen LogP) is 4.24. The number of allylic oxidation sites excluding steroid dienone is 12. The summed E-state index contributed by atoms with van der Waals surface area (Å²) in [6.45, 7) is 7.87. The summed E-state index contributed by atoms with van der Waals surface area (Å²) in [5.41, 5.74) is 4.58. The second-order valence-corrected chi connectivity index (χ2v) is 3.99. The summed E-state index contributed by atoms with van der Waals surface area (Å²) in [6.07, 6.45) is 19.7. The van der Waals surface area contributed by atoms with Gasteiger partial charge in [0.1, 0.15) is 0 Å². The van der Waals surface area contributed by atoms with Crippen LogP contribution in [0.4, 0.5) is 0 Å². The summed E-state index contributed by atoms with van der Waals surface area (Å²) in [4.78, 5) is 0. The summed E-state index contributed by atoms with van der Waals surface area (Å²) in [7, 11) is 0. The Morgan fingerprint density at radius 2 is 1.81 bits per heavy atom. The zero-order valence-electron chi connectivity index (χ0n) is 9.32. The van der Waals surface area contributed by atoms with Crippen LogP contribution >= 0.6 is 0 Å². The molecular formula is C16H15+. The highest BCUT2D eigenvalue weighted by Crippen LogP contribution is 2.18. The second kappa shape index (κ2) is 4.71. The van der Waals surface area contributed by atoms with Crippen molar-refractivity contribution in [2.24, 2.45) is 0 Å². The van der Waals surface area contributed by atoms with Gasteiger partial charge in [-0.1, -0.05) is 36.5 Å². The fraction of sp³-hybridized carbons (Fsp3) is 0.0625. The molecule has 0 atom stereocenters. The van der Waals surface area contributed by atoms with Crippen LogP contribution in [0.25, 0.3) is 0 Å². The van der Waals surface area contributed by atoms with Crippen LogP contribution in [0.3, 0.4) is 0 Å². The van der Waals surface area contributed by atoms with E-state index in [9.17, 15) is 0 Å². The van der Waals surface area contributed by atoms with E-state index in [1.165, 1.54) is 11.1 Å². The molecule has 0 spiro atoms. The van der Waals surface area contributed by atoms with Crippen LogP contribution in [0.2, 0.25) is 0 Å². The Bertz CT molecular complexity index is 418. The van der Waals surface area contributed by atoms with Crippen LogP contribution in [0.1, 0.15) is 6.42 Å². The second-order valence-electron chi connectivity index (χ2n) is 3.99. The number of rotatable bonds is 2. The standard InChI is InChI=1S/C16H15/c1-13-5-3-7-15(11-13)9-10-16-8-4-6-14(2)12-16/h3-5,7-12H,1-2,6H2/q+1/b10-9+. The Morgan fingerprint density at radius 1 is 1.06 bits per heavy atom. The Kier molecular flexibility index (Phi) is 3.11. The molecule has 0 nitrogen and oxygen atoms in total. The van der Waals surface area contributed by atoms with Gasteiger partial charge in [-0.05, 0) is 24.6 Å². The van der Waals surface area contributed by atoms with Gasteiger partial charge in [-0.3, -0.25) is 0 Å². The highest BCUT2D eigenvalue weighted by molar-refractivity contribution is 5.50. The lowest BCUT2D eigenvalue weighted by molar-refractivity contribution is 1.26. The van der Waals surface area contributed by atoms with Crippen molar-refractivity contribution < 1.29 is 0 Å². The SMILES string of the molecule is C=C1C=C(/C=C/C2=CC(=C)CC=C2)C=C[CH+]1. The maximum atomic E-state index is 3.96. The van der Waals surface area contributed by atoms with E-state index in [1.54, 1.807) is 0 Å². The van der Waals surface area contributed by atoms with Gasteiger partial charge in [0, 0.05) is 24.6 Å². The molecule has 0 bridgehead atoms. The van der Waals surface area contributed by atoms with Crippen molar-refractivity contribution in [2.45, 2.75) is 6.42 Å². The molecule has 2 rings (SSSR count). The van der Waals surface area contributed by atoms with Crippen LogP contribution in [-0.2, 0) is 0 Å². The Balaban J connectivity index is 2.10. The lowest BCUT2D eigenvalue weighted by atomic mass is 10.00. The van der Waals surface area contributed by atoms with E-state index in [4.69, 9.17) is 0 Å². The maximum absolute atomic E-state index is 3.96. The van der Waals surface area contributed by atoms with Crippen LogP contribution < -0.4 is 0 Å². The Labute approximate surface area is 97.4 Å². The highest BCUT2D eigenvalue weighted by atomic mass is 14.0. The topological polar surface area (TPSA) is 0 Å². The maximum Gasteiger partial charge on any atom is 0.0893 e. The van der Waals surface area contributed by atoms with Crippen molar-refractivity contribution in [1.82, 2.24) is 0 Å². The average molecular weight is 207 g/mol. The molecule has 0 radical (unpaired) electrons. The lowest BCUT2D eigenvalue weighted by Gasteiger charge is -2.04. The molecule has 78 valence electrons. The smallest absolute Gasteiger partial charge is 0.0893 e. The fourth-order valence-corrected chi connectivity index (χ4v) is 1.68. The third kappa shape index (κ3) is 2.77. The van der Waals surface area contributed by atoms with Gasteiger partial charge in [-0.25, -0.2) is 0 Å². The largest absolute Gasteiger partial charge is 0.0955 e. The zero-order chi connectivity index (χ0) is 11.4. The summed E-state index contributed by atoms with van der Waals surface area (Å²) in [6, 6.07) is 0. The molecule has 2 aliphatic carbocycles. The van der Waals surface area contributed by atoms with E-state index in [-0.39, 0.29) is 0 Å². The molecule has 0 unspecified atom stereocenters. The molecule has 0 saturated carbocycles. The zero-order valence-corrected chi connectivity index (χ0v) is 9.32. The molecule has 0 heteroatoms. The Morgan fingerprint density at radius 3 is 2.50 bits per heavy atom. The Hall–Kier alpha value is -1.95. The summed E-state index contributed by atoms with van der Waals surface area (Å²) in [5.74, 6) is 0. The van der Waals surface area contributed by atoms with Gasteiger partial charge >= 0.3 is 0 Å². The van der Waals surface area contributed by atoms with E-state index >= 15 is 0 Å². The first kappa shape index (κ1) is 10.6. The van der Waals surface area contributed by atoms with Crippen molar-refractivity contribution >= 4 is 0 Å². The number of hydrogen-bond donors (Lipinski definition) is 0. The fourth-order valence-electron chi connectivity index (χ4n) is 1.68. The van der Waals surface area contributed by atoms with Crippen molar-refractivity contribution in [3.8, 4) is 0 Å². The average Bonchev–Trinajstić information content (AvgIpc) is 2.27. The predicted molar refractivity (Wildman–Crippen MR) is 70.8 cm³/mol. The van der Waals surface area contributed by atoms with Gasteiger partial charge in [0.05, 0.1) is 11.1 Å². The molecule has 0 heterocycles. The minimum Gasteiger partial charge on any atom is -0.0955 e. The first-order valence-electron chi connectivity index (χ1n) is 5.40. The minimum atomic E-state index is 0.964. The summed E-state index contributed by atoms with van der Waals surface area (Å²) >= 11 is 0. The van der Waals surface area contributed by atoms with E-state index in [0.29, 0.717) is 0 Å². The monoisotopic (exact) mass is 207 g/mol. The molecule has 0 fully saturated rings. The van der Waals surface area contributed by atoms with E-state index in [1.807, 2.05) is 12.5 Å². The van der Waals surface area contributed by atoms with Gasteiger partial charge < -0.3 is 0 Å². The molecule has 0 aliphatic heterocycles. The van der Waals surface area contributed by atoms with Gasteiger partial charge in [0.25, 0.3) is 0 Å². The van der Waals surface area contributed by atoms with Crippen LogP contribution in [0, 0.1) is 6.42 Å². The van der Waals surface area contributed by atoms with E-state index < -0.39 is 0 Å². The molecular weight excluding hydrogens is 192 g/mol. The third-order valence-corrected chi connectivity index (χ3v) is 2.48. The first-order valence-corrected chi connectivity index (χ1v) is 5.40. The quantitative estimate of drug-likeness (QED) is 0.594. The minimum absolute atomic E-state index is 0.964. The molecule has 0 aromatic carbocycles.